The fraction of sp³-hybridized carbons (Fsp3) is 0.135. The van der Waals surface area contributed by atoms with Crippen LogP contribution in [0.2, 0.25) is 6.82 Å². The topological polar surface area (TPSA) is 213 Å². The predicted octanol–water partition coefficient (Wildman–Crippen LogP) is 6.68. The normalized spacial score (nSPS) is 12.3. The Bertz CT molecular complexity index is 2870. The van der Waals surface area contributed by atoms with Gasteiger partial charge >= 0.3 is 7.05 Å². The van der Waals surface area contributed by atoms with Gasteiger partial charge in [-0.2, -0.15) is 0 Å². The van der Waals surface area contributed by atoms with Crippen molar-refractivity contribution in [2.24, 2.45) is 0 Å². The third kappa shape index (κ3) is 11.6. The van der Waals surface area contributed by atoms with Gasteiger partial charge in [0.15, 0.2) is 0 Å². The van der Waals surface area contributed by atoms with Crippen molar-refractivity contribution in [2.75, 3.05) is 26.2 Å². The second-order valence-corrected chi connectivity index (χ2v) is 15.7. The van der Waals surface area contributed by atoms with E-state index < -0.39 is 30.7 Å². The maximum atomic E-state index is 13.5. The quantitative estimate of drug-likeness (QED) is 0.0625. The van der Waals surface area contributed by atoms with Crippen LogP contribution in [0.5, 0.6) is 0 Å². The van der Waals surface area contributed by atoms with Crippen molar-refractivity contribution < 1.29 is 48.5 Å². The SMILES string of the molecule is CB(O)NCCCN1C(=O)c2ccc3c4c(ccc(c24)C1=O)C(=O)N(CCCNC(=O)c1ccc(-c2ccccn2)nc1)C3=O.[Ru].c1ccc(-c2ccccn2)nc1.c1ccc(-c2ccccn2)nc1. The minimum absolute atomic E-state index is 0. The molecule has 0 spiro atoms. The summed E-state index contributed by atoms with van der Waals surface area (Å²) in [6.07, 6.45) is 11.0. The first-order valence-electron chi connectivity index (χ1n) is 22.2. The number of carbonyl (C=O) groups is 5. The molecule has 0 fully saturated rings. The monoisotopic (exact) mass is 1020 g/mol. The fourth-order valence-corrected chi connectivity index (χ4v) is 7.72. The van der Waals surface area contributed by atoms with Crippen LogP contribution in [0.15, 0.2) is 165 Å². The summed E-state index contributed by atoms with van der Waals surface area (Å²) in [4.78, 5) is 93.9. The number of amides is 5. The predicted molar refractivity (Wildman–Crippen MR) is 260 cm³/mol. The Morgan fingerprint density at radius 1 is 0.486 bits per heavy atom. The molecule has 18 heteroatoms. The average molecular weight is 1020 g/mol. The summed E-state index contributed by atoms with van der Waals surface area (Å²) in [7, 11) is -0.706. The van der Waals surface area contributed by atoms with E-state index in [0.29, 0.717) is 47.1 Å². The van der Waals surface area contributed by atoms with Crippen molar-refractivity contribution in [3.63, 3.8) is 0 Å². The van der Waals surface area contributed by atoms with Crippen LogP contribution >= 0.6 is 0 Å². The van der Waals surface area contributed by atoms with Crippen LogP contribution in [-0.2, 0) is 19.5 Å². The molecular weight excluding hydrogens is 973 g/mol. The summed E-state index contributed by atoms with van der Waals surface area (Å²) in [6.45, 7) is 2.42. The number of rotatable bonds is 13. The molecule has 2 aliphatic heterocycles. The molecule has 3 N–H and O–H groups in total. The van der Waals surface area contributed by atoms with E-state index >= 15 is 0 Å². The second-order valence-electron chi connectivity index (χ2n) is 15.7. The average Bonchev–Trinajstić information content (AvgIpc) is 3.40. The standard InChI is InChI=1S/C32H29BN6O6.2C10H8N2.Ru/c1-33(45)37-15-5-17-39-31(43)22-10-8-20-26-21(9-11-23(27(22)26)32(39)44)30(42)38(29(20)41)16-4-14-35-28(40)19-7-12-25(36-18-19)24-6-2-3-13-34-24;2*1-3-7-11-9(5-1)10-6-2-4-8-12-10;/h2-3,6-13,18,37,45H,4-5,14-17H2,1H3,(H,35,40);2*1-8H;. The van der Waals surface area contributed by atoms with Gasteiger partial charge in [-0.05, 0) is 123 Å². The van der Waals surface area contributed by atoms with Crippen molar-refractivity contribution in [3.8, 4) is 34.2 Å². The summed E-state index contributed by atoms with van der Waals surface area (Å²) in [5, 5.41) is 15.6. The van der Waals surface area contributed by atoms with Gasteiger partial charge in [0.1, 0.15) is 0 Å². The van der Waals surface area contributed by atoms with Crippen LogP contribution in [-0.4, -0.2) is 107 Å². The third-order valence-corrected chi connectivity index (χ3v) is 11.0. The van der Waals surface area contributed by atoms with Gasteiger partial charge in [-0.3, -0.25) is 63.7 Å². The van der Waals surface area contributed by atoms with E-state index in [4.69, 9.17) is 0 Å². The number of benzene rings is 2. The van der Waals surface area contributed by atoms with E-state index in [1.165, 1.54) is 30.5 Å². The Kier molecular flexibility index (Phi) is 16.9. The molecule has 0 aliphatic carbocycles. The Morgan fingerprint density at radius 2 is 0.829 bits per heavy atom. The summed E-state index contributed by atoms with van der Waals surface area (Å²) in [5.41, 5.74) is 6.36. The second kappa shape index (κ2) is 23.8. The largest absolute Gasteiger partial charge is 0.437 e. The first-order valence-corrected chi connectivity index (χ1v) is 22.2. The molecule has 0 saturated heterocycles. The van der Waals surface area contributed by atoms with Crippen LogP contribution in [0.4, 0.5) is 0 Å². The van der Waals surface area contributed by atoms with Gasteiger partial charge < -0.3 is 15.6 Å². The fourth-order valence-electron chi connectivity index (χ4n) is 7.72. The number of aromatic nitrogens is 6. The van der Waals surface area contributed by atoms with E-state index in [9.17, 15) is 29.0 Å². The molecular formula is C52H45BN10O6Ru. The zero-order valence-electron chi connectivity index (χ0n) is 37.8. The van der Waals surface area contributed by atoms with E-state index in [1.807, 2.05) is 91.0 Å². The maximum Gasteiger partial charge on any atom is 0.373 e. The van der Waals surface area contributed by atoms with Crippen molar-refractivity contribution >= 4 is 47.4 Å². The molecule has 5 amide bonds. The van der Waals surface area contributed by atoms with Crippen molar-refractivity contribution in [3.05, 3.63) is 192 Å². The molecule has 0 saturated carbocycles. The van der Waals surface area contributed by atoms with Crippen LogP contribution in [0, 0.1) is 0 Å². The molecule has 2 aliphatic rings. The molecule has 0 unspecified atom stereocenters. The van der Waals surface area contributed by atoms with Gasteiger partial charge in [-0.1, -0.05) is 30.3 Å². The number of nitrogens with one attached hydrogen (secondary N) is 2. The van der Waals surface area contributed by atoms with Gasteiger partial charge in [-0.25, -0.2) is 0 Å². The summed E-state index contributed by atoms with van der Waals surface area (Å²) in [6, 6.07) is 38.1. The number of nitrogens with zero attached hydrogens (tertiary/aromatic N) is 8. The number of hydrogen-bond donors (Lipinski definition) is 3. The van der Waals surface area contributed by atoms with Gasteiger partial charge in [0.25, 0.3) is 29.5 Å². The summed E-state index contributed by atoms with van der Waals surface area (Å²) >= 11 is 0. The Labute approximate surface area is 416 Å². The minimum atomic E-state index is -0.706. The van der Waals surface area contributed by atoms with Crippen LogP contribution in [0.25, 0.3) is 44.9 Å². The smallest absolute Gasteiger partial charge is 0.373 e. The molecule has 350 valence electrons. The first kappa shape index (κ1) is 49.9. The molecule has 70 heavy (non-hydrogen) atoms. The molecule has 6 aromatic heterocycles. The third-order valence-electron chi connectivity index (χ3n) is 11.0. The molecule has 0 bridgehead atoms. The van der Waals surface area contributed by atoms with E-state index in [1.54, 1.807) is 49.9 Å². The van der Waals surface area contributed by atoms with Crippen LogP contribution in [0.3, 0.4) is 0 Å². The van der Waals surface area contributed by atoms with E-state index in [-0.39, 0.29) is 67.3 Å². The minimum Gasteiger partial charge on any atom is -0.437 e. The van der Waals surface area contributed by atoms with Crippen LogP contribution < -0.4 is 10.5 Å². The van der Waals surface area contributed by atoms with E-state index in [2.05, 4.69) is 40.4 Å². The Hall–Kier alpha value is -8.04. The first-order chi connectivity index (χ1) is 33.7. The number of carbonyl (C=O) groups excluding carboxylic acids is 5. The molecule has 16 nitrogen and oxygen atoms in total. The zero-order chi connectivity index (χ0) is 48.1. The van der Waals surface area contributed by atoms with Gasteiger partial charge in [0, 0.05) is 109 Å². The number of hydrogen-bond acceptors (Lipinski definition) is 13. The van der Waals surface area contributed by atoms with Gasteiger partial charge in [-0.15, -0.1) is 0 Å². The number of imide groups is 2. The summed E-state index contributed by atoms with van der Waals surface area (Å²) in [5.74, 6) is -2.37. The Morgan fingerprint density at radius 3 is 1.13 bits per heavy atom. The van der Waals surface area contributed by atoms with Crippen molar-refractivity contribution in [1.29, 1.82) is 0 Å². The number of pyridine rings is 6. The van der Waals surface area contributed by atoms with Gasteiger partial charge in [0.05, 0.1) is 39.7 Å². The molecule has 8 aromatic rings. The summed E-state index contributed by atoms with van der Waals surface area (Å²) < 4.78 is 0. The molecule has 8 heterocycles. The van der Waals surface area contributed by atoms with Crippen molar-refractivity contribution in [2.45, 2.75) is 19.7 Å². The molecule has 0 radical (unpaired) electrons. The molecule has 0 atom stereocenters. The van der Waals surface area contributed by atoms with Crippen molar-refractivity contribution in [1.82, 2.24) is 50.2 Å². The maximum absolute atomic E-state index is 13.5. The van der Waals surface area contributed by atoms with Crippen LogP contribution in [0.1, 0.15) is 64.6 Å². The molecule has 10 rings (SSSR count). The van der Waals surface area contributed by atoms with E-state index in [0.717, 1.165) is 32.6 Å². The van der Waals surface area contributed by atoms with Gasteiger partial charge in [0.2, 0.25) is 0 Å². The Balaban J connectivity index is 0.000000233. The zero-order valence-corrected chi connectivity index (χ0v) is 39.6. The molecule has 2 aromatic carbocycles.